The van der Waals surface area contributed by atoms with Crippen molar-refractivity contribution < 1.29 is 38.1 Å². The average Bonchev–Trinajstić information content (AvgIpc) is 3.64. The number of likely N-dealkylation sites (N-methyl/N-ethyl adjacent to an activating group) is 1. The first-order valence-electron chi connectivity index (χ1n) is 24.0. The van der Waals surface area contributed by atoms with Crippen molar-refractivity contribution in [2.24, 2.45) is 28.7 Å². The topological polar surface area (TPSA) is 116 Å². The fourth-order valence-electron chi connectivity index (χ4n) is 12.7. The second kappa shape index (κ2) is 16.0. The molecule has 11 heteroatoms. The molecule has 0 N–H and O–H groups in total. The molecule has 1 spiro atoms. The quantitative estimate of drug-likeness (QED) is 0.116. The summed E-state index contributed by atoms with van der Waals surface area (Å²) >= 11 is 0. The summed E-state index contributed by atoms with van der Waals surface area (Å²) < 4.78 is 35.0. The van der Waals surface area contributed by atoms with Gasteiger partial charge < -0.3 is 28.6 Å². The predicted molar refractivity (Wildman–Crippen MR) is 255 cm³/mol. The molecule has 0 radical (unpaired) electrons. The summed E-state index contributed by atoms with van der Waals surface area (Å²) in [5.74, 6) is -0.776. The Labute approximate surface area is 389 Å². The molecular formula is C55H65N3O8. The van der Waals surface area contributed by atoms with Crippen LogP contribution in [0, 0.1) is 23.7 Å². The fraction of sp³-hybridized carbons (Fsp3) is 0.527. The van der Waals surface area contributed by atoms with Crippen LogP contribution in [-0.2, 0) is 25.5 Å². The third kappa shape index (κ3) is 6.61. The van der Waals surface area contributed by atoms with Crippen molar-refractivity contribution in [3.05, 3.63) is 98.7 Å². The highest BCUT2D eigenvalue weighted by molar-refractivity contribution is 6.31. The van der Waals surface area contributed by atoms with E-state index < -0.39 is 46.1 Å². The van der Waals surface area contributed by atoms with Crippen LogP contribution >= 0.6 is 0 Å². The minimum Gasteiger partial charge on any atom is -0.491 e. The van der Waals surface area contributed by atoms with Gasteiger partial charge in [-0.15, -0.1) is 0 Å². The molecule has 2 saturated heterocycles. The average molecular weight is 896 g/mol. The number of Topliss-reactive ketones (excluding diaryl/α,β-unsaturated/α-hetero) is 2. The Kier molecular flexibility index (Phi) is 10.9. The molecule has 4 aliphatic carbocycles. The third-order valence-electron chi connectivity index (χ3n) is 15.9. The van der Waals surface area contributed by atoms with Gasteiger partial charge in [-0.2, -0.15) is 0 Å². The Balaban J connectivity index is 1.27. The lowest BCUT2D eigenvalue weighted by atomic mass is 9.43. The van der Waals surface area contributed by atoms with E-state index in [0.717, 1.165) is 79.0 Å². The monoisotopic (exact) mass is 895 g/mol. The number of allylic oxidation sites excluding steroid dienone is 4. The number of hydrogen-bond donors (Lipinski definition) is 0. The van der Waals surface area contributed by atoms with E-state index >= 15 is 4.79 Å². The maximum Gasteiger partial charge on any atom is 0.333 e. The number of methoxy groups -OCH3 is 1. The molecule has 5 aliphatic heterocycles. The number of hydrogen-bond acceptors (Lipinski definition) is 11. The van der Waals surface area contributed by atoms with Gasteiger partial charge in [0.1, 0.15) is 29.5 Å². The van der Waals surface area contributed by atoms with Gasteiger partial charge >= 0.3 is 5.97 Å². The van der Waals surface area contributed by atoms with Crippen molar-refractivity contribution in [2.45, 2.75) is 110 Å². The Hall–Kier alpha value is -5.10. The molecular weight excluding hydrogens is 831 g/mol. The van der Waals surface area contributed by atoms with Crippen LogP contribution in [0.5, 0.6) is 17.2 Å². The van der Waals surface area contributed by atoms with Crippen molar-refractivity contribution in [1.82, 2.24) is 9.80 Å². The minimum absolute atomic E-state index is 0.0210. The molecule has 0 amide bonds. The van der Waals surface area contributed by atoms with Gasteiger partial charge in [0, 0.05) is 84.7 Å². The van der Waals surface area contributed by atoms with Gasteiger partial charge in [0.2, 0.25) is 0 Å². The highest BCUT2D eigenvalue weighted by atomic mass is 16.6. The minimum atomic E-state index is -1.55. The van der Waals surface area contributed by atoms with Gasteiger partial charge in [-0.25, -0.2) is 4.79 Å². The van der Waals surface area contributed by atoms with Crippen LogP contribution in [0.1, 0.15) is 114 Å². The van der Waals surface area contributed by atoms with Crippen LogP contribution in [0.4, 0.5) is 0 Å². The Morgan fingerprint density at radius 3 is 2.38 bits per heavy atom. The fourth-order valence-corrected chi connectivity index (χ4v) is 12.7. The van der Waals surface area contributed by atoms with Crippen molar-refractivity contribution in [2.75, 3.05) is 53.5 Å². The number of benzene rings is 2. The first-order valence-corrected chi connectivity index (χ1v) is 24.0. The standard InChI is InChI=1S/C55H65N3O8/c1-31(2)14-13-21-53(8)22-20-37-47(64-53)36(18-17-32(3)4)49-42(48(37)63-29-28-58-26-24-57(9)25-27-58)45-43-40(41-44(56-45)34-15-11-12-16-35(34)46(41)59)38-30-39-52(6,7)66-54(50(38)60,55(39,43)65-49)23-19-33(5)51(61)62-10/h11-12,14-17,19-20,22,38-41H,13,18,21,23-30H2,1-10H3. The maximum atomic E-state index is 15.9. The van der Waals surface area contributed by atoms with E-state index in [1.54, 1.807) is 13.0 Å². The number of nitrogens with zero attached hydrogens (tertiary/aromatic N) is 3. The Morgan fingerprint density at radius 1 is 0.939 bits per heavy atom. The van der Waals surface area contributed by atoms with Crippen LogP contribution in [0.3, 0.4) is 0 Å². The summed E-state index contributed by atoms with van der Waals surface area (Å²) in [6, 6.07) is 7.73. The molecule has 11 rings (SSSR count). The van der Waals surface area contributed by atoms with Crippen molar-refractivity contribution >= 4 is 35.0 Å². The molecule has 0 aromatic heterocycles. The lowest BCUT2D eigenvalue weighted by Gasteiger charge is -2.62. The lowest BCUT2D eigenvalue weighted by molar-refractivity contribution is -0.183. The van der Waals surface area contributed by atoms with Crippen LogP contribution in [0.25, 0.3) is 11.8 Å². The first kappa shape index (κ1) is 44.7. The molecule has 2 aromatic carbocycles. The zero-order chi connectivity index (χ0) is 46.7. The van der Waals surface area contributed by atoms with E-state index in [9.17, 15) is 9.59 Å². The van der Waals surface area contributed by atoms with Crippen LogP contribution in [0.2, 0.25) is 0 Å². The number of aliphatic imine (C=N–C) groups is 1. The number of esters is 1. The van der Waals surface area contributed by atoms with E-state index in [-0.39, 0.29) is 23.9 Å². The summed E-state index contributed by atoms with van der Waals surface area (Å²) in [4.78, 5) is 54.2. The summed E-state index contributed by atoms with van der Waals surface area (Å²) in [5, 5.41) is 0. The summed E-state index contributed by atoms with van der Waals surface area (Å²) in [7, 11) is 3.52. The van der Waals surface area contributed by atoms with Gasteiger partial charge in [0.15, 0.2) is 22.8 Å². The van der Waals surface area contributed by atoms with E-state index in [1.165, 1.54) is 12.7 Å². The molecule has 7 atom stereocenters. The number of ketones is 2. The second-order valence-corrected chi connectivity index (χ2v) is 21.2. The van der Waals surface area contributed by atoms with E-state index in [0.29, 0.717) is 59.2 Å². The summed E-state index contributed by atoms with van der Waals surface area (Å²) in [5.41, 5.74) is 4.39. The van der Waals surface area contributed by atoms with Gasteiger partial charge in [0.05, 0.1) is 41.2 Å². The van der Waals surface area contributed by atoms with Gasteiger partial charge in [0.25, 0.3) is 0 Å². The smallest absolute Gasteiger partial charge is 0.333 e. The second-order valence-electron chi connectivity index (χ2n) is 21.2. The molecule has 9 aliphatic rings. The van der Waals surface area contributed by atoms with E-state index in [4.69, 9.17) is 28.7 Å². The number of piperazine rings is 1. The number of ether oxygens (including phenoxy) is 5. The van der Waals surface area contributed by atoms with Crippen LogP contribution < -0.4 is 14.2 Å². The SMILES string of the molecule is COC(=O)C(C)=CCC12OC(C)(C)C3CC(C1=O)C1C4=C(N=C5c6ccccc6C(=O)C51)c1c(OCCN5CCN(C)CC5)c5c(c(CC=C(C)C)c1OC432)OC(C)(CCC=C(C)C)C=C5. The lowest BCUT2D eigenvalue weighted by Crippen LogP contribution is -2.75. The molecule has 5 heterocycles. The zero-order valence-corrected chi connectivity index (χ0v) is 40.4. The molecule has 5 fully saturated rings. The first-order chi connectivity index (χ1) is 31.4. The Bertz CT molecular complexity index is 2630. The van der Waals surface area contributed by atoms with Crippen LogP contribution in [-0.4, -0.2) is 109 Å². The Morgan fingerprint density at radius 2 is 1.67 bits per heavy atom. The van der Waals surface area contributed by atoms with E-state index in [1.807, 2.05) is 24.3 Å². The number of carbonyl (C=O) groups is 3. The maximum absolute atomic E-state index is 15.9. The normalized spacial score (nSPS) is 30.9. The van der Waals surface area contributed by atoms with Gasteiger partial charge in [-0.05, 0) is 100 Å². The van der Waals surface area contributed by atoms with Crippen molar-refractivity contribution in [1.29, 1.82) is 0 Å². The van der Waals surface area contributed by atoms with Gasteiger partial charge in [-0.1, -0.05) is 53.6 Å². The molecule has 4 bridgehead atoms. The summed E-state index contributed by atoms with van der Waals surface area (Å²) in [6.07, 6.45) is 13.2. The highest BCUT2D eigenvalue weighted by Gasteiger charge is 2.84. The zero-order valence-electron chi connectivity index (χ0n) is 40.4. The third-order valence-corrected chi connectivity index (χ3v) is 15.9. The van der Waals surface area contributed by atoms with Gasteiger partial charge in [-0.3, -0.25) is 19.5 Å². The summed E-state index contributed by atoms with van der Waals surface area (Å²) in [6.45, 7) is 21.4. The number of rotatable bonds is 12. The highest BCUT2D eigenvalue weighted by Crippen LogP contribution is 2.74. The largest absolute Gasteiger partial charge is 0.491 e. The van der Waals surface area contributed by atoms with E-state index in [2.05, 4.69) is 89.6 Å². The number of carbonyl (C=O) groups excluding carboxylic acids is 3. The number of fused-ring (bicyclic) bond motifs is 6. The predicted octanol–water partition coefficient (Wildman–Crippen LogP) is 8.78. The molecule has 66 heavy (non-hydrogen) atoms. The molecule has 348 valence electrons. The molecule has 11 nitrogen and oxygen atoms in total. The van der Waals surface area contributed by atoms with Crippen LogP contribution in [0.15, 0.2) is 75.9 Å². The molecule has 2 aromatic rings. The molecule has 3 saturated carbocycles. The van der Waals surface area contributed by atoms with Crippen molar-refractivity contribution in [3.63, 3.8) is 0 Å². The van der Waals surface area contributed by atoms with Crippen molar-refractivity contribution in [3.8, 4) is 17.2 Å². The molecule has 7 unspecified atom stereocenters.